The minimum absolute atomic E-state index is 0.0275. The summed E-state index contributed by atoms with van der Waals surface area (Å²) in [6, 6.07) is 10.8. The molecule has 29 heavy (non-hydrogen) atoms. The van der Waals surface area contributed by atoms with Gasteiger partial charge in [0.1, 0.15) is 11.6 Å². The summed E-state index contributed by atoms with van der Waals surface area (Å²) in [5.74, 6) is -3.07. The molecule has 1 unspecified atom stereocenters. The summed E-state index contributed by atoms with van der Waals surface area (Å²) in [6.45, 7) is 1.94. The molecule has 0 saturated heterocycles. The Balaban J connectivity index is 1.89. The van der Waals surface area contributed by atoms with Crippen LogP contribution in [-0.4, -0.2) is 22.7 Å². The average molecular weight is 398 g/mol. The summed E-state index contributed by atoms with van der Waals surface area (Å²) in [7, 11) is 0. The second-order valence-corrected chi connectivity index (χ2v) is 6.75. The molecule has 0 fully saturated rings. The minimum atomic E-state index is -1.15. The lowest BCUT2D eigenvalue weighted by atomic mass is 9.91. The Labute approximate surface area is 167 Å². The topological polar surface area (TPSA) is 70.0 Å². The molecule has 1 aliphatic heterocycles. The first-order chi connectivity index (χ1) is 13.9. The van der Waals surface area contributed by atoms with Crippen LogP contribution in [0.25, 0.3) is 6.08 Å². The Kier molecular flexibility index (Phi) is 6.16. The van der Waals surface area contributed by atoms with Crippen molar-refractivity contribution in [2.75, 3.05) is 5.01 Å². The lowest BCUT2D eigenvalue weighted by Gasteiger charge is -2.15. The Bertz CT molecular complexity index is 967. The highest BCUT2D eigenvalue weighted by Gasteiger charge is 2.37. The molecule has 7 heteroatoms. The molecule has 0 spiro atoms. The Morgan fingerprint density at radius 3 is 2.24 bits per heavy atom. The molecule has 1 N–H and O–H groups in total. The molecule has 150 valence electrons. The number of hydrazone groups is 1. The molecular formula is C22H20F2N2O3. The summed E-state index contributed by atoms with van der Waals surface area (Å²) in [5.41, 5.74) is 1.57. The van der Waals surface area contributed by atoms with Gasteiger partial charge in [-0.25, -0.2) is 18.6 Å². The van der Waals surface area contributed by atoms with Crippen LogP contribution >= 0.6 is 0 Å². The van der Waals surface area contributed by atoms with Gasteiger partial charge >= 0.3 is 5.97 Å². The number of aliphatic carboxylic acids is 1. The highest BCUT2D eigenvalue weighted by Crippen LogP contribution is 2.30. The molecule has 1 amide bonds. The maximum atomic E-state index is 13.2. The van der Waals surface area contributed by atoms with Crippen LogP contribution in [0.1, 0.15) is 31.7 Å². The molecule has 3 rings (SSSR count). The zero-order valence-corrected chi connectivity index (χ0v) is 15.8. The summed E-state index contributed by atoms with van der Waals surface area (Å²) in [4.78, 5) is 24.7. The predicted octanol–water partition coefficient (Wildman–Crippen LogP) is 4.64. The van der Waals surface area contributed by atoms with Crippen LogP contribution in [0, 0.1) is 17.6 Å². The summed E-state index contributed by atoms with van der Waals surface area (Å²) < 4.78 is 26.3. The number of rotatable bonds is 7. The molecule has 0 aromatic heterocycles. The van der Waals surface area contributed by atoms with Gasteiger partial charge in [0.05, 0.1) is 17.3 Å². The Morgan fingerprint density at radius 2 is 1.69 bits per heavy atom. The van der Waals surface area contributed by atoms with Crippen molar-refractivity contribution in [3.63, 3.8) is 0 Å². The van der Waals surface area contributed by atoms with Gasteiger partial charge in [0, 0.05) is 5.57 Å². The lowest BCUT2D eigenvalue weighted by Crippen LogP contribution is -2.28. The molecule has 0 bridgehead atoms. The van der Waals surface area contributed by atoms with E-state index in [2.05, 4.69) is 5.10 Å². The second kappa shape index (κ2) is 8.77. The molecule has 1 aliphatic rings. The number of benzene rings is 2. The van der Waals surface area contributed by atoms with Gasteiger partial charge in [-0.15, -0.1) is 0 Å². The number of hydrogen-bond acceptors (Lipinski definition) is 3. The number of halogens is 2. The molecule has 0 aliphatic carbocycles. The molecule has 1 atom stereocenters. The van der Waals surface area contributed by atoms with Crippen LogP contribution in [0.3, 0.4) is 0 Å². The molecular weight excluding hydrogens is 378 g/mol. The van der Waals surface area contributed by atoms with Crippen LogP contribution in [0.4, 0.5) is 14.5 Å². The van der Waals surface area contributed by atoms with Crippen molar-refractivity contribution in [3.05, 3.63) is 71.3 Å². The van der Waals surface area contributed by atoms with Crippen molar-refractivity contribution in [1.82, 2.24) is 0 Å². The SMILES string of the molecule is CCCC1=NN(c2ccc(F)cc2)C(=O)C1C/C(=C/c1ccc(F)cc1)C(=O)O. The molecule has 2 aromatic carbocycles. The first kappa shape index (κ1) is 20.4. The number of carbonyl (C=O) groups excluding carboxylic acids is 1. The van der Waals surface area contributed by atoms with E-state index in [4.69, 9.17) is 0 Å². The highest BCUT2D eigenvalue weighted by atomic mass is 19.1. The number of nitrogens with zero attached hydrogens (tertiary/aromatic N) is 2. The van der Waals surface area contributed by atoms with Crippen molar-refractivity contribution >= 4 is 29.4 Å². The third kappa shape index (κ3) is 4.74. The van der Waals surface area contributed by atoms with E-state index in [1.165, 1.54) is 59.6 Å². The Hall–Kier alpha value is -3.35. The molecule has 2 aromatic rings. The third-order valence-corrected chi connectivity index (χ3v) is 4.62. The zero-order valence-electron chi connectivity index (χ0n) is 15.8. The normalized spacial score (nSPS) is 16.9. The van der Waals surface area contributed by atoms with E-state index in [0.717, 1.165) is 6.42 Å². The van der Waals surface area contributed by atoms with Gasteiger partial charge in [-0.05, 0) is 60.9 Å². The van der Waals surface area contributed by atoms with Crippen molar-refractivity contribution in [1.29, 1.82) is 0 Å². The monoisotopic (exact) mass is 398 g/mol. The van der Waals surface area contributed by atoms with Crippen molar-refractivity contribution < 1.29 is 23.5 Å². The van der Waals surface area contributed by atoms with Gasteiger partial charge in [0.25, 0.3) is 5.91 Å². The summed E-state index contributed by atoms with van der Waals surface area (Å²) >= 11 is 0. The smallest absolute Gasteiger partial charge is 0.331 e. The summed E-state index contributed by atoms with van der Waals surface area (Å²) in [5, 5.41) is 15.2. The van der Waals surface area contributed by atoms with E-state index in [0.29, 0.717) is 23.4 Å². The number of carboxylic acid groups (broad SMARTS) is 1. The van der Waals surface area contributed by atoms with E-state index in [9.17, 15) is 23.5 Å². The predicted molar refractivity (Wildman–Crippen MR) is 106 cm³/mol. The number of amides is 1. The van der Waals surface area contributed by atoms with Crippen molar-refractivity contribution in [2.24, 2.45) is 11.0 Å². The molecule has 5 nitrogen and oxygen atoms in total. The maximum absolute atomic E-state index is 13.2. The maximum Gasteiger partial charge on any atom is 0.331 e. The standard InChI is InChI=1S/C22H20F2N2O3/c1-2-3-20-19(21(27)26(25-20)18-10-8-17(24)9-11-18)13-15(22(28)29)12-14-4-6-16(23)7-5-14/h4-12,19H,2-3,13H2,1H3,(H,28,29)/b15-12-. The minimum Gasteiger partial charge on any atom is -0.478 e. The van der Waals surface area contributed by atoms with Gasteiger partial charge in [0.15, 0.2) is 0 Å². The van der Waals surface area contributed by atoms with Gasteiger partial charge in [-0.3, -0.25) is 4.79 Å². The van der Waals surface area contributed by atoms with Crippen LogP contribution in [0.15, 0.2) is 59.2 Å². The van der Waals surface area contributed by atoms with Crippen LogP contribution in [-0.2, 0) is 9.59 Å². The lowest BCUT2D eigenvalue weighted by molar-refractivity contribution is -0.132. The number of carbonyl (C=O) groups is 2. The van der Waals surface area contributed by atoms with E-state index in [1.54, 1.807) is 0 Å². The van der Waals surface area contributed by atoms with E-state index in [-0.39, 0.29) is 17.9 Å². The van der Waals surface area contributed by atoms with Gasteiger partial charge in [0.2, 0.25) is 0 Å². The first-order valence-electron chi connectivity index (χ1n) is 9.25. The Morgan fingerprint density at radius 1 is 1.10 bits per heavy atom. The van der Waals surface area contributed by atoms with Gasteiger partial charge < -0.3 is 5.11 Å². The summed E-state index contributed by atoms with van der Waals surface area (Å²) in [6.07, 6.45) is 2.67. The quantitative estimate of drug-likeness (QED) is 0.691. The fraction of sp³-hybridized carbons (Fsp3) is 0.227. The second-order valence-electron chi connectivity index (χ2n) is 6.75. The van der Waals surface area contributed by atoms with Crippen LogP contribution < -0.4 is 5.01 Å². The molecule has 1 heterocycles. The number of hydrogen-bond donors (Lipinski definition) is 1. The van der Waals surface area contributed by atoms with Gasteiger partial charge in [-0.2, -0.15) is 5.10 Å². The first-order valence-corrected chi connectivity index (χ1v) is 9.25. The molecule has 0 radical (unpaired) electrons. The van der Waals surface area contributed by atoms with Crippen molar-refractivity contribution in [2.45, 2.75) is 26.2 Å². The number of anilines is 1. The number of carboxylic acids is 1. The third-order valence-electron chi connectivity index (χ3n) is 4.62. The molecule has 0 saturated carbocycles. The zero-order chi connectivity index (χ0) is 21.0. The fourth-order valence-corrected chi connectivity index (χ4v) is 3.18. The van der Waals surface area contributed by atoms with Gasteiger partial charge in [-0.1, -0.05) is 25.5 Å². The van der Waals surface area contributed by atoms with E-state index < -0.39 is 23.5 Å². The van der Waals surface area contributed by atoms with E-state index in [1.807, 2.05) is 6.92 Å². The van der Waals surface area contributed by atoms with Crippen molar-refractivity contribution in [3.8, 4) is 0 Å². The average Bonchev–Trinajstić information content (AvgIpc) is 2.99. The van der Waals surface area contributed by atoms with Crippen LogP contribution in [0.5, 0.6) is 0 Å². The van der Waals surface area contributed by atoms with E-state index >= 15 is 0 Å². The fourth-order valence-electron chi connectivity index (χ4n) is 3.18. The largest absolute Gasteiger partial charge is 0.478 e. The highest BCUT2D eigenvalue weighted by molar-refractivity contribution is 6.16. The van der Waals surface area contributed by atoms with Crippen LogP contribution in [0.2, 0.25) is 0 Å².